The minimum atomic E-state index is -0.132. The number of rotatable bonds is 0. The summed E-state index contributed by atoms with van der Waals surface area (Å²) in [6.45, 7) is 0. The molecule has 0 atom stereocenters. The zero-order valence-corrected chi connectivity index (χ0v) is 7.11. The largest absolute Gasteiger partial charge is 0.321 e. The van der Waals surface area contributed by atoms with Gasteiger partial charge in [0.05, 0.1) is 22.6 Å². The van der Waals surface area contributed by atoms with Gasteiger partial charge < -0.3 is 4.98 Å². The van der Waals surface area contributed by atoms with Crippen molar-refractivity contribution in [2.24, 2.45) is 0 Å². The maximum atomic E-state index is 11.5. The third-order valence-electron chi connectivity index (χ3n) is 2.22. The highest BCUT2D eigenvalue weighted by Gasteiger charge is 2.05. The summed E-state index contributed by atoms with van der Waals surface area (Å²) in [6, 6.07) is 1.76. The molecule has 0 aliphatic rings. The number of fused-ring (bicyclic) bond motifs is 3. The summed E-state index contributed by atoms with van der Waals surface area (Å²) in [4.78, 5) is 18.3. The lowest BCUT2D eigenvalue weighted by atomic mass is 10.2. The first-order valence-corrected chi connectivity index (χ1v) is 4.15. The molecule has 0 spiro atoms. The Morgan fingerprint density at radius 2 is 2.14 bits per heavy atom. The van der Waals surface area contributed by atoms with Crippen LogP contribution in [0.4, 0.5) is 0 Å². The van der Waals surface area contributed by atoms with Crippen molar-refractivity contribution in [3.63, 3.8) is 0 Å². The second-order valence-electron chi connectivity index (χ2n) is 3.03. The van der Waals surface area contributed by atoms with Gasteiger partial charge >= 0.3 is 0 Å². The molecule has 5 heteroatoms. The highest BCUT2D eigenvalue weighted by atomic mass is 16.1. The monoisotopic (exact) mass is 186 g/mol. The molecule has 0 saturated carbocycles. The van der Waals surface area contributed by atoms with Crippen molar-refractivity contribution in [3.8, 4) is 0 Å². The van der Waals surface area contributed by atoms with E-state index in [2.05, 4.69) is 20.2 Å². The van der Waals surface area contributed by atoms with Crippen LogP contribution in [0, 0.1) is 0 Å². The molecule has 3 aromatic heterocycles. The van der Waals surface area contributed by atoms with E-state index in [4.69, 9.17) is 0 Å². The molecule has 2 N–H and O–H groups in total. The smallest absolute Gasteiger partial charge is 0.259 e. The van der Waals surface area contributed by atoms with E-state index in [1.807, 2.05) is 0 Å². The van der Waals surface area contributed by atoms with Gasteiger partial charge in [-0.15, -0.1) is 0 Å². The molecule has 0 unspecified atom stereocenters. The summed E-state index contributed by atoms with van der Waals surface area (Å²) < 4.78 is 0. The van der Waals surface area contributed by atoms with Crippen LogP contribution in [0.25, 0.3) is 21.8 Å². The van der Waals surface area contributed by atoms with Gasteiger partial charge in [-0.05, 0) is 6.07 Å². The van der Waals surface area contributed by atoms with Crippen LogP contribution in [0.5, 0.6) is 0 Å². The van der Waals surface area contributed by atoms with Gasteiger partial charge in [-0.25, -0.2) is 0 Å². The number of aromatic nitrogens is 4. The Morgan fingerprint density at radius 3 is 3.07 bits per heavy atom. The van der Waals surface area contributed by atoms with Gasteiger partial charge in [0.15, 0.2) is 0 Å². The fraction of sp³-hybridized carbons (Fsp3) is 0. The zero-order chi connectivity index (χ0) is 9.54. The molecule has 0 radical (unpaired) electrons. The van der Waals surface area contributed by atoms with E-state index in [0.29, 0.717) is 5.39 Å². The van der Waals surface area contributed by atoms with Crippen LogP contribution >= 0.6 is 0 Å². The Bertz CT molecular complexity index is 667. The van der Waals surface area contributed by atoms with Crippen LogP contribution in [0.2, 0.25) is 0 Å². The third kappa shape index (κ3) is 0.806. The molecule has 0 amide bonds. The predicted molar refractivity (Wildman–Crippen MR) is 52.0 cm³/mol. The maximum absolute atomic E-state index is 11.5. The van der Waals surface area contributed by atoms with Crippen molar-refractivity contribution in [2.75, 3.05) is 0 Å². The van der Waals surface area contributed by atoms with E-state index in [1.165, 1.54) is 6.20 Å². The summed E-state index contributed by atoms with van der Waals surface area (Å²) >= 11 is 0. The van der Waals surface area contributed by atoms with E-state index in [-0.39, 0.29) is 5.56 Å². The molecular weight excluding hydrogens is 180 g/mol. The van der Waals surface area contributed by atoms with Gasteiger partial charge in [-0.1, -0.05) is 0 Å². The first-order valence-electron chi connectivity index (χ1n) is 4.15. The number of nitrogens with one attached hydrogen (secondary N) is 2. The molecule has 3 heterocycles. The first kappa shape index (κ1) is 7.25. The average molecular weight is 186 g/mol. The van der Waals surface area contributed by atoms with Crippen molar-refractivity contribution in [1.29, 1.82) is 0 Å². The topological polar surface area (TPSA) is 74.4 Å². The van der Waals surface area contributed by atoms with Crippen molar-refractivity contribution >= 4 is 21.8 Å². The van der Waals surface area contributed by atoms with Crippen molar-refractivity contribution < 1.29 is 0 Å². The fourth-order valence-corrected chi connectivity index (χ4v) is 1.56. The van der Waals surface area contributed by atoms with E-state index in [0.717, 1.165) is 16.4 Å². The number of hydrogen-bond donors (Lipinski definition) is 2. The van der Waals surface area contributed by atoms with Crippen molar-refractivity contribution in [3.05, 3.63) is 35.0 Å². The number of pyridine rings is 2. The lowest BCUT2D eigenvalue weighted by Gasteiger charge is -1.96. The third-order valence-corrected chi connectivity index (χ3v) is 2.22. The van der Waals surface area contributed by atoms with E-state index in [9.17, 15) is 4.79 Å². The Balaban J connectivity index is 2.73. The Kier molecular flexibility index (Phi) is 1.25. The van der Waals surface area contributed by atoms with Gasteiger partial charge in [0, 0.05) is 17.8 Å². The normalized spacial score (nSPS) is 11.1. The summed E-state index contributed by atoms with van der Waals surface area (Å²) in [5.41, 5.74) is 1.37. The standard InChI is InChI=1S/C9H6N4O/c14-9-6-4-11-13-8(6)5-3-10-2-1-7(5)12-9/h1-4H,(H,11,13)(H,12,14). The van der Waals surface area contributed by atoms with Crippen LogP contribution in [-0.4, -0.2) is 20.2 Å². The zero-order valence-electron chi connectivity index (χ0n) is 7.11. The second-order valence-corrected chi connectivity index (χ2v) is 3.03. The van der Waals surface area contributed by atoms with Gasteiger partial charge in [-0.3, -0.25) is 14.9 Å². The minimum absolute atomic E-state index is 0.132. The first-order chi connectivity index (χ1) is 6.86. The minimum Gasteiger partial charge on any atom is -0.321 e. The van der Waals surface area contributed by atoms with Gasteiger partial charge in [0.25, 0.3) is 5.56 Å². The maximum Gasteiger partial charge on any atom is 0.259 e. The summed E-state index contributed by atoms with van der Waals surface area (Å²) in [6.07, 6.45) is 4.85. The summed E-state index contributed by atoms with van der Waals surface area (Å²) in [5.74, 6) is 0. The van der Waals surface area contributed by atoms with Crippen LogP contribution < -0.4 is 5.56 Å². The van der Waals surface area contributed by atoms with Crippen LogP contribution in [0.15, 0.2) is 29.5 Å². The molecule has 0 fully saturated rings. The average Bonchev–Trinajstić information content (AvgIpc) is 2.67. The predicted octanol–water partition coefficient (Wildman–Crippen LogP) is 0.799. The molecule has 0 aromatic carbocycles. The molecular formula is C9H6N4O. The van der Waals surface area contributed by atoms with Crippen LogP contribution in [0.1, 0.15) is 0 Å². The SMILES string of the molecule is O=c1[nH]c2ccncc2c2[nH]ncc12. The van der Waals surface area contributed by atoms with Gasteiger partial charge in [-0.2, -0.15) is 5.10 Å². The Morgan fingerprint density at radius 1 is 1.21 bits per heavy atom. The number of hydrogen-bond acceptors (Lipinski definition) is 3. The Labute approximate surface area is 77.8 Å². The van der Waals surface area contributed by atoms with E-state index >= 15 is 0 Å². The second kappa shape index (κ2) is 2.41. The highest BCUT2D eigenvalue weighted by molar-refractivity contribution is 6.01. The molecule has 68 valence electrons. The molecule has 14 heavy (non-hydrogen) atoms. The Hall–Kier alpha value is -2.17. The molecule has 3 rings (SSSR count). The van der Waals surface area contributed by atoms with Crippen LogP contribution in [0.3, 0.4) is 0 Å². The molecule has 3 aromatic rings. The molecule has 0 saturated heterocycles. The number of aromatic amines is 2. The quantitative estimate of drug-likeness (QED) is 0.545. The van der Waals surface area contributed by atoms with Gasteiger partial charge in [0.2, 0.25) is 0 Å². The van der Waals surface area contributed by atoms with Gasteiger partial charge in [0.1, 0.15) is 0 Å². The highest BCUT2D eigenvalue weighted by Crippen LogP contribution is 2.16. The lowest BCUT2D eigenvalue weighted by Crippen LogP contribution is -2.04. The summed E-state index contributed by atoms with van der Waals surface area (Å²) in [5, 5.41) is 8.07. The molecule has 0 bridgehead atoms. The van der Waals surface area contributed by atoms with E-state index in [1.54, 1.807) is 18.5 Å². The van der Waals surface area contributed by atoms with Crippen LogP contribution in [-0.2, 0) is 0 Å². The van der Waals surface area contributed by atoms with Crippen molar-refractivity contribution in [2.45, 2.75) is 0 Å². The molecule has 0 aliphatic heterocycles. The molecule has 5 nitrogen and oxygen atoms in total. The number of nitrogens with zero attached hydrogens (tertiary/aromatic N) is 2. The lowest BCUT2D eigenvalue weighted by molar-refractivity contribution is 1.12. The van der Waals surface area contributed by atoms with E-state index < -0.39 is 0 Å². The fourth-order valence-electron chi connectivity index (χ4n) is 1.56. The summed E-state index contributed by atoms with van der Waals surface area (Å²) in [7, 11) is 0. The van der Waals surface area contributed by atoms with Crippen molar-refractivity contribution in [1.82, 2.24) is 20.2 Å². The number of H-pyrrole nitrogens is 2. The molecule has 0 aliphatic carbocycles.